The second kappa shape index (κ2) is 4.29. The van der Waals surface area contributed by atoms with Gasteiger partial charge in [-0.25, -0.2) is 0 Å². The van der Waals surface area contributed by atoms with Crippen LogP contribution in [0.3, 0.4) is 0 Å². The van der Waals surface area contributed by atoms with Gasteiger partial charge in [-0.3, -0.25) is 0 Å². The molecule has 0 aliphatic heterocycles. The predicted octanol–water partition coefficient (Wildman–Crippen LogP) is 2.48. The number of nitrogens with two attached hydrogens (primary N) is 1. The van der Waals surface area contributed by atoms with Gasteiger partial charge in [0.1, 0.15) is 0 Å². The lowest BCUT2D eigenvalue weighted by molar-refractivity contribution is 0.969. The highest BCUT2D eigenvalue weighted by molar-refractivity contribution is 6.31. The third kappa shape index (κ3) is 2.10. The number of rotatable bonds is 3. The topological polar surface area (TPSA) is 26.0 Å². The summed E-state index contributed by atoms with van der Waals surface area (Å²) in [4.78, 5) is 0. The molecule has 1 aromatic carbocycles. The molecular formula is C10H12ClN. The smallest absolute Gasteiger partial charge is 0.0444 e. The molecule has 0 fully saturated rings. The Hall–Kier alpha value is -0.790. The molecule has 0 aromatic heterocycles. The molecule has 0 spiro atoms. The average Bonchev–Trinajstić information content (AvgIpc) is 2.09. The van der Waals surface area contributed by atoms with Gasteiger partial charge in [0.2, 0.25) is 0 Å². The molecule has 2 heteroatoms. The molecule has 0 radical (unpaired) electrons. The van der Waals surface area contributed by atoms with Crippen LogP contribution in [0.5, 0.6) is 0 Å². The largest absolute Gasteiger partial charge is 0.330 e. The van der Waals surface area contributed by atoms with Crippen molar-refractivity contribution in [3.8, 4) is 0 Å². The van der Waals surface area contributed by atoms with E-state index in [4.69, 9.17) is 17.3 Å². The first kappa shape index (κ1) is 9.30. The lowest BCUT2D eigenvalue weighted by Gasteiger charge is -2.02. The summed E-state index contributed by atoms with van der Waals surface area (Å²) < 4.78 is 0. The summed E-state index contributed by atoms with van der Waals surface area (Å²) in [7, 11) is 0. The Balaban J connectivity index is 2.94. The zero-order valence-electron chi connectivity index (χ0n) is 6.89. The zero-order valence-corrected chi connectivity index (χ0v) is 7.64. The van der Waals surface area contributed by atoms with Crippen LogP contribution >= 0.6 is 11.6 Å². The molecule has 0 bridgehead atoms. The van der Waals surface area contributed by atoms with Crippen LogP contribution in [0.25, 0.3) is 6.08 Å². The first-order valence-electron chi connectivity index (χ1n) is 3.89. The monoisotopic (exact) mass is 181 g/mol. The van der Waals surface area contributed by atoms with Crippen molar-refractivity contribution < 1.29 is 0 Å². The number of halogens is 1. The molecule has 1 nitrogen and oxygen atoms in total. The predicted molar refractivity (Wildman–Crippen MR) is 54.3 cm³/mol. The van der Waals surface area contributed by atoms with Crippen LogP contribution in [0.1, 0.15) is 11.1 Å². The lowest BCUT2D eigenvalue weighted by Crippen LogP contribution is -2.02. The fourth-order valence-electron chi connectivity index (χ4n) is 1.05. The zero-order chi connectivity index (χ0) is 8.97. The maximum Gasteiger partial charge on any atom is 0.0444 e. The maximum absolute atomic E-state index is 5.98. The Labute approximate surface area is 77.8 Å². The minimum absolute atomic E-state index is 0.632. The lowest BCUT2D eigenvalue weighted by atomic mass is 10.1. The van der Waals surface area contributed by atoms with Crippen LogP contribution in [0.4, 0.5) is 0 Å². The molecule has 0 saturated heterocycles. The highest BCUT2D eigenvalue weighted by atomic mass is 35.5. The van der Waals surface area contributed by atoms with Crippen molar-refractivity contribution in [2.75, 3.05) is 6.54 Å². The van der Waals surface area contributed by atoms with E-state index in [0.717, 1.165) is 22.6 Å². The summed E-state index contributed by atoms with van der Waals surface area (Å²) in [5, 5.41) is 0.776. The summed E-state index contributed by atoms with van der Waals surface area (Å²) in [6.45, 7) is 4.30. The van der Waals surface area contributed by atoms with Gasteiger partial charge < -0.3 is 5.73 Å². The molecule has 0 unspecified atom stereocenters. The number of hydrogen-bond acceptors (Lipinski definition) is 1. The van der Waals surface area contributed by atoms with Crippen LogP contribution in [0.15, 0.2) is 24.8 Å². The second-order valence-corrected chi connectivity index (χ2v) is 3.00. The van der Waals surface area contributed by atoms with Crippen LogP contribution < -0.4 is 5.73 Å². The normalized spacial score (nSPS) is 9.83. The highest BCUT2D eigenvalue weighted by Gasteiger charge is 1.98. The molecule has 12 heavy (non-hydrogen) atoms. The van der Waals surface area contributed by atoms with Gasteiger partial charge in [0.25, 0.3) is 0 Å². The molecule has 0 atom stereocenters. The Morgan fingerprint density at radius 1 is 1.50 bits per heavy atom. The van der Waals surface area contributed by atoms with Crippen LogP contribution in [-0.2, 0) is 6.42 Å². The van der Waals surface area contributed by atoms with E-state index in [-0.39, 0.29) is 0 Å². The molecule has 2 N–H and O–H groups in total. The van der Waals surface area contributed by atoms with E-state index >= 15 is 0 Å². The van der Waals surface area contributed by atoms with Crippen molar-refractivity contribution >= 4 is 17.7 Å². The van der Waals surface area contributed by atoms with Gasteiger partial charge in [0.15, 0.2) is 0 Å². The third-order valence-corrected chi connectivity index (χ3v) is 2.08. The van der Waals surface area contributed by atoms with E-state index in [1.54, 1.807) is 6.08 Å². The van der Waals surface area contributed by atoms with Crippen molar-refractivity contribution in [1.29, 1.82) is 0 Å². The van der Waals surface area contributed by atoms with Gasteiger partial charge in [-0.15, -0.1) is 0 Å². The van der Waals surface area contributed by atoms with Crippen molar-refractivity contribution in [3.05, 3.63) is 40.9 Å². The van der Waals surface area contributed by atoms with Crippen LogP contribution in [0.2, 0.25) is 5.02 Å². The molecule has 0 aliphatic rings. The number of hydrogen-bond donors (Lipinski definition) is 1. The molecular weight excluding hydrogens is 170 g/mol. The van der Waals surface area contributed by atoms with Gasteiger partial charge in [0, 0.05) is 5.02 Å². The average molecular weight is 182 g/mol. The molecule has 1 rings (SSSR count). The van der Waals surface area contributed by atoms with E-state index < -0.39 is 0 Å². The Bertz CT molecular complexity index is 281. The highest BCUT2D eigenvalue weighted by Crippen LogP contribution is 2.18. The fraction of sp³-hybridized carbons (Fsp3) is 0.200. The van der Waals surface area contributed by atoms with E-state index in [0.29, 0.717) is 6.54 Å². The Morgan fingerprint density at radius 3 is 2.75 bits per heavy atom. The van der Waals surface area contributed by atoms with E-state index in [1.807, 2.05) is 18.2 Å². The maximum atomic E-state index is 5.98. The van der Waals surface area contributed by atoms with Gasteiger partial charge in [-0.1, -0.05) is 36.4 Å². The Kier molecular flexibility index (Phi) is 3.32. The minimum Gasteiger partial charge on any atom is -0.330 e. The summed E-state index contributed by atoms with van der Waals surface area (Å²) in [5.41, 5.74) is 7.57. The SMILES string of the molecule is C=Cc1ccc(CCN)c(Cl)c1. The van der Waals surface area contributed by atoms with Crippen LogP contribution in [0, 0.1) is 0 Å². The quantitative estimate of drug-likeness (QED) is 0.762. The second-order valence-electron chi connectivity index (χ2n) is 2.59. The standard InChI is InChI=1S/C10H12ClN/c1-2-8-3-4-9(5-6-12)10(11)7-8/h2-4,7H,1,5-6,12H2. The summed E-state index contributed by atoms with van der Waals surface area (Å²) in [6.07, 6.45) is 2.61. The Morgan fingerprint density at radius 2 is 2.25 bits per heavy atom. The molecule has 64 valence electrons. The van der Waals surface area contributed by atoms with Crippen molar-refractivity contribution in [2.45, 2.75) is 6.42 Å². The van der Waals surface area contributed by atoms with Crippen molar-refractivity contribution in [3.63, 3.8) is 0 Å². The van der Waals surface area contributed by atoms with Gasteiger partial charge in [-0.2, -0.15) is 0 Å². The first-order chi connectivity index (χ1) is 5.77. The summed E-state index contributed by atoms with van der Waals surface area (Å²) in [5.74, 6) is 0. The van der Waals surface area contributed by atoms with Crippen LogP contribution in [-0.4, -0.2) is 6.54 Å². The molecule has 0 saturated carbocycles. The molecule has 1 aromatic rings. The van der Waals surface area contributed by atoms with Crippen molar-refractivity contribution in [1.82, 2.24) is 0 Å². The summed E-state index contributed by atoms with van der Waals surface area (Å²) >= 11 is 5.98. The first-order valence-corrected chi connectivity index (χ1v) is 4.26. The molecule has 0 heterocycles. The molecule has 0 amide bonds. The van der Waals surface area contributed by atoms with Gasteiger partial charge in [-0.05, 0) is 30.2 Å². The van der Waals surface area contributed by atoms with E-state index in [1.165, 1.54) is 0 Å². The fourth-order valence-corrected chi connectivity index (χ4v) is 1.33. The van der Waals surface area contributed by atoms with Gasteiger partial charge >= 0.3 is 0 Å². The molecule has 0 aliphatic carbocycles. The van der Waals surface area contributed by atoms with E-state index in [2.05, 4.69) is 6.58 Å². The summed E-state index contributed by atoms with van der Waals surface area (Å²) in [6, 6.07) is 5.88. The van der Waals surface area contributed by atoms with Crippen molar-refractivity contribution in [2.24, 2.45) is 5.73 Å². The van der Waals surface area contributed by atoms with Gasteiger partial charge in [0.05, 0.1) is 0 Å². The minimum atomic E-state index is 0.632. The van der Waals surface area contributed by atoms with E-state index in [9.17, 15) is 0 Å². The third-order valence-electron chi connectivity index (χ3n) is 1.73. The number of benzene rings is 1.